The van der Waals surface area contributed by atoms with Crippen molar-refractivity contribution in [3.05, 3.63) is 0 Å². The summed E-state index contributed by atoms with van der Waals surface area (Å²) < 4.78 is 11.0. The topological polar surface area (TPSA) is 24.7 Å². The van der Waals surface area contributed by atoms with Crippen LogP contribution in [0.5, 0.6) is 0 Å². The third kappa shape index (κ3) is 1.84. The van der Waals surface area contributed by atoms with Gasteiger partial charge in [-0.05, 0) is 0 Å². The molecular weight excluding hydrogens is 355 g/mol. The molecular formula is BI2N2P2. The molecule has 0 aromatic carbocycles. The van der Waals surface area contributed by atoms with Crippen molar-refractivity contribution in [2.45, 2.75) is 0 Å². The van der Waals surface area contributed by atoms with Crippen molar-refractivity contribution in [2.75, 3.05) is 0 Å². The number of hydrogen-bond donors (Lipinski definition) is 0. The molecule has 0 N–H and O–H groups in total. The van der Waals surface area contributed by atoms with Gasteiger partial charge < -0.3 is 0 Å². The Balaban J connectivity index is 1.72. The van der Waals surface area contributed by atoms with Gasteiger partial charge in [-0.15, -0.1) is 0 Å². The molecule has 0 aliphatic carbocycles. The average Bonchev–Trinajstić information content (AvgIpc) is 2.33. The Morgan fingerprint density at radius 1 is 1.14 bits per heavy atom. The molecule has 0 amide bonds. The molecule has 0 atom stereocenters. The van der Waals surface area contributed by atoms with Gasteiger partial charge in [-0.2, -0.15) is 0 Å². The molecule has 0 aromatic rings. The molecule has 2 rings (SSSR count). The van der Waals surface area contributed by atoms with Gasteiger partial charge in [0.05, 0.1) is 0 Å². The van der Waals surface area contributed by atoms with Gasteiger partial charge in [-0.1, -0.05) is 0 Å². The second-order valence-corrected chi connectivity index (χ2v) is 18.1. The van der Waals surface area contributed by atoms with E-state index in [-0.39, 0.29) is 0 Å². The summed E-state index contributed by atoms with van der Waals surface area (Å²) in [6, 6.07) is 2.90. The van der Waals surface area contributed by atoms with E-state index in [9.17, 15) is 0 Å². The van der Waals surface area contributed by atoms with Crippen LogP contribution in [0.4, 0.5) is 0 Å². The summed E-state index contributed by atoms with van der Waals surface area (Å²) in [5, 5.41) is 0. The molecule has 0 saturated heterocycles. The maximum atomic E-state index is 4.23. The molecule has 7 heavy (non-hydrogen) atoms. The molecule has 0 saturated carbocycles. The molecule has 2 aliphatic rings. The summed E-state index contributed by atoms with van der Waals surface area (Å²) in [7, 11) is 0. The standard InChI is InChI=1S/BI2N2P2/c1(2-4-6-2)3-5-7-3. The fourth-order valence-electron chi connectivity index (χ4n) is 0.165. The summed E-state index contributed by atoms with van der Waals surface area (Å²) in [6.07, 6.45) is 0. The summed E-state index contributed by atoms with van der Waals surface area (Å²) in [6.45, 7) is 0. The van der Waals surface area contributed by atoms with Gasteiger partial charge in [-0.3, -0.25) is 0 Å². The molecule has 0 fully saturated rings. The molecule has 0 spiro atoms. The predicted molar refractivity (Wildman–Crippen MR) is 52.5 cm³/mol. The Kier molecular flexibility index (Phi) is 1.70. The van der Waals surface area contributed by atoms with Crippen LogP contribution < -0.4 is 0 Å². The molecule has 2 nitrogen and oxygen atoms in total. The molecule has 1 radical (unpaired) electrons. The Hall–Kier alpha value is 1.72. The van der Waals surface area contributed by atoms with Gasteiger partial charge in [0.25, 0.3) is 0 Å². The first kappa shape index (κ1) is 5.51. The second-order valence-electron chi connectivity index (χ2n) is 0.926. The van der Waals surface area contributed by atoms with Crippen LogP contribution in [0.1, 0.15) is 0 Å². The first-order chi connectivity index (χ1) is 3.45. The van der Waals surface area contributed by atoms with Crippen LogP contribution in [0.2, 0.25) is 0 Å². The van der Waals surface area contributed by atoms with Crippen molar-refractivity contribution in [3.8, 4) is 0 Å². The van der Waals surface area contributed by atoms with E-state index in [4.69, 9.17) is 0 Å². The van der Waals surface area contributed by atoms with E-state index in [1.807, 2.05) is 0 Å². The summed E-state index contributed by atoms with van der Waals surface area (Å²) in [5.41, 5.74) is 0. The van der Waals surface area contributed by atoms with Crippen molar-refractivity contribution in [2.24, 2.45) is 5.92 Å². The third-order valence-corrected chi connectivity index (χ3v) is 19.8. The van der Waals surface area contributed by atoms with Gasteiger partial charge in [0, 0.05) is 0 Å². The van der Waals surface area contributed by atoms with Gasteiger partial charge >= 0.3 is 59.6 Å². The van der Waals surface area contributed by atoms with Gasteiger partial charge in [0.1, 0.15) is 0 Å². The van der Waals surface area contributed by atoms with E-state index in [0.717, 1.165) is 0 Å². The fraction of sp³-hybridized carbons (Fsp3) is 0. The molecule has 2 aliphatic heterocycles. The normalized spacial score (nSPS) is 35.4. The first-order valence-corrected chi connectivity index (χ1v) is 13.2. The summed E-state index contributed by atoms with van der Waals surface area (Å²) in [5.74, 6) is 0. The minimum atomic E-state index is -0.616. The molecule has 0 unspecified atom stereocenters. The Morgan fingerprint density at radius 3 is 1.86 bits per heavy atom. The summed E-state index contributed by atoms with van der Waals surface area (Å²) in [4.78, 5) is 0. The average molecular weight is 355 g/mol. The second kappa shape index (κ2) is 2.16. The van der Waals surface area contributed by atoms with Crippen LogP contribution in [0.3, 0.4) is 0 Å². The number of rotatable bonds is 2. The van der Waals surface area contributed by atoms with Crippen LogP contribution in [0.15, 0.2) is 5.92 Å². The van der Waals surface area contributed by atoms with E-state index < -0.39 is 38.7 Å². The predicted octanol–water partition coefficient (Wildman–Crippen LogP) is 3.48. The summed E-state index contributed by atoms with van der Waals surface area (Å²) >= 11 is -1.23. The van der Waals surface area contributed by atoms with E-state index in [1.54, 1.807) is 0 Å². The fourth-order valence-corrected chi connectivity index (χ4v) is 25.2. The van der Waals surface area contributed by atoms with Crippen molar-refractivity contribution < 1.29 is 0 Å². The minimum absolute atomic E-state index is 0.616. The molecule has 0 bridgehead atoms. The zero-order valence-corrected chi connectivity index (χ0v) is 9.23. The van der Waals surface area contributed by atoms with Crippen molar-refractivity contribution in [1.29, 1.82) is 0 Å². The van der Waals surface area contributed by atoms with Crippen LogP contribution >= 0.6 is 50.7 Å². The first-order valence-electron chi connectivity index (χ1n) is 1.51. The molecule has 37 valence electrons. The third-order valence-electron chi connectivity index (χ3n) is 0.473. The Labute approximate surface area is 58.9 Å². The number of nitrogens with zero attached hydrogens (tertiary/aromatic N) is 2. The molecule has 7 heteroatoms. The van der Waals surface area contributed by atoms with E-state index in [0.29, 0.717) is 0 Å². The molecule has 2 heterocycles. The van der Waals surface area contributed by atoms with Crippen molar-refractivity contribution >= 4 is 53.7 Å². The van der Waals surface area contributed by atoms with E-state index in [2.05, 4.69) is 8.91 Å². The monoisotopic (exact) mass is 355 g/mol. The Bertz CT molecular complexity index is 117. The van der Waals surface area contributed by atoms with Crippen LogP contribution in [-0.4, -0.2) is 2.99 Å². The quantitative estimate of drug-likeness (QED) is 0.412. The zero-order chi connectivity index (χ0) is 4.69. The molecule has 0 aromatic heterocycles. The van der Waals surface area contributed by atoms with Gasteiger partial charge in [-0.25, -0.2) is 0 Å². The number of halogens is 2. The van der Waals surface area contributed by atoms with Crippen LogP contribution in [0, 0.1) is 0 Å². The van der Waals surface area contributed by atoms with Crippen LogP contribution in [-0.2, 0) is 0 Å². The number of hydrogen-bond acceptors (Lipinski definition) is 2. The van der Waals surface area contributed by atoms with Crippen molar-refractivity contribution in [1.82, 2.24) is 0 Å². The van der Waals surface area contributed by atoms with Gasteiger partial charge in [0.15, 0.2) is 0 Å². The van der Waals surface area contributed by atoms with Crippen molar-refractivity contribution in [3.63, 3.8) is 0 Å². The van der Waals surface area contributed by atoms with Crippen LogP contribution in [0.25, 0.3) is 0 Å². The maximum absolute atomic E-state index is 4.23. The zero-order valence-electron chi connectivity index (χ0n) is 3.12. The van der Waals surface area contributed by atoms with Gasteiger partial charge in [0.2, 0.25) is 0 Å². The van der Waals surface area contributed by atoms with E-state index in [1.165, 1.54) is 12.0 Å². The SMILES string of the molecule is [B](I1N=P1)I1N=P1. The Morgan fingerprint density at radius 2 is 1.57 bits per heavy atom. The van der Waals surface area contributed by atoms with E-state index >= 15 is 0 Å².